The van der Waals surface area contributed by atoms with Gasteiger partial charge in [0.2, 0.25) is 0 Å². The van der Waals surface area contributed by atoms with E-state index in [0.29, 0.717) is 18.3 Å². The van der Waals surface area contributed by atoms with Crippen molar-refractivity contribution in [1.29, 1.82) is 0 Å². The van der Waals surface area contributed by atoms with E-state index in [9.17, 15) is 9.90 Å². The molecule has 0 amide bonds. The second-order valence-corrected chi connectivity index (χ2v) is 4.78. The number of ether oxygens (including phenoxy) is 1. The number of unbranched alkanes of at least 4 members (excludes halogenated alkanes) is 1. The van der Waals surface area contributed by atoms with Gasteiger partial charge in [0.05, 0.1) is 6.61 Å². The van der Waals surface area contributed by atoms with Gasteiger partial charge < -0.3 is 9.84 Å². The largest absolute Gasteiger partial charge is 0.493 e. The standard InChI is InChI=1S/C16H24O3/c1-4-7-10-19-15-11-13(12(5-2)6-3)8-9-14(15)16(17)18/h8-9,11-12H,4-7,10H2,1-3H3,(H,17,18). The van der Waals surface area contributed by atoms with Crippen LogP contribution in [0.15, 0.2) is 18.2 Å². The van der Waals surface area contributed by atoms with Crippen molar-refractivity contribution in [2.24, 2.45) is 0 Å². The molecule has 0 atom stereocenters. The normalized spacial score (nSPS) is 10.7. The molecule has 106 valence electrons. The van der Waals surface area contributed by atoms with Crippen molar-refractivity contribution in [3.05, 3.63) is 29.3 Å². The van der Waals surface area contributed by atoms with Crippen LogP contribution in [-0.2, 0) is 0 Å². The number of carboxylic acid groups (broad SMARTS) is 1. The monoisotopic (exact) mass is 264 g/mol. The second-order valence-electron chi connectivity index (χ2n) is 4.78. The molecule has 1 aromatic carbocycles. The van der Waals surface area contributed by atoms with Gasteiger partial charge in [-0.3, -0.25) is 0 Å². The lowest BCUT2D eigenvalue weighted by Crippen LogP contribution is -2.06. The van der Waals surface area contributed by atoms with Crippen molar-refractivity contribution in [3.8, 4) is 5.75 Å². The van der Waals surface area contributed by atoms with Crippen LogP contribution in [0.1, 0.15) is 68.3 Å². The highest BCUT2D eigenvalue weighted by atomic mass is 16.5. The maximum atomic E-state index is 11.2. The first kappa shape index (κ1) is 15.5. The quantitative estimate of drug-likeness (QED) is 0.705. The molecule has 0 aliphatic heterocycles. The van der Waals surface area contributed by atoms with E-state index in [1.807, 2.05) is 12.1 Å². The SMILES string of the molecule is CCCCOc1cc(C(CC)CC)ccc1C(=O)O. The van der Waals surface area contributed by atoms with Crippen molar-refractivity contribution in [2.75, 3.05) is 6.61 Å². The van der Waals surface area contributed by atoms with E-state index in [1.165, 1.54) is 5.56 Å². The first-order chi connectivity index (χ1) is 9.13. The molecular formula is C16H24O3. The maximum Gasteiger partial charge on any atom is 0.339 e. The van der Waals surface area contributed by atoms with Crippen LogP contribution in [0, 0.1) is 0 Å². The lowest BCUT2D eigenvalue weighted by Gasteiger charge is -2.16. The highest BCUT2D eigenvalue weighted by Gasteiger charge is 2.15. The third-order valence-corrected chi connectivity index (χ3v) is 3.45. The van der Waals surface area contributed by atoms with Crippen LogP contribution in [0.3, 0.4) is 0 Å². The zero-order chi connectivity index (χ0) is 14.3. The van der Waals surface area contributed by atoms with Crippen molar-refractivity contribution >= 4 is 5.97 Å². The summed E-state index contributed by atoms with van der Waals surface area (Å²) in [5.41, 5.74) is 1.42. The minimum Gasteiger partial charge on any atom is -0.493 e. The fourth-order valence-electron chi connectivity index (χ4n) is 2.18. The lowest BCUT2D eigenvalue weighted by molar-refractivity contribution is 0.0692. The van der Waals surface area contributed by atoms with Crippen molar-refractivity contribution in [3.63, 3.8) is 0 Å². The Bertz CT molecular complexity index is 408. The van der Waals surface area contributed by atoms with Crippen LogP contribution in [0.25, 0.3) is 0 Å². The smallest absolute Gasteiger partial charge is 0.339 e. The molecule has 0 heterocycles. The van der Waals surface area contributed by atoms with Crippen LogP contribution >= 0.6 is 0 Å². The molecule has 0 unspecified atom stereocenters. The van der Waals surface area contributed by atoms with Crippen LogP contribution in [-0.4, -0.2) is 17.7 Å². The van der Waals surface area contributed by atoms with Gasteiger partial charge >= 0.3 is 5.97 Å². The summed E-state index contributed by atoms with van der Waals surface area (Å²) in [4.78, 5) is 11.2. The highest BCUT2D eigenvalue weighted by molar-refractivity contribution is 5.91. The van der Waals surface area contributed by atoms with Crippen LogP contribution < -0.4 is 4.74 Å². The molecule has 0 spiro atoms. The number of rotatable bonds is 8. The highest BCUT2D eigenvalue weighted by Crippen LogP contribution is 2.29. The second kappa shape index (κ2) is 7.82. The van der Waals surface area contributed by atoms with E-state index < -0.39 is 5.97 Å². The Hall–Kier alpha value is -1.51. The first-order valence-electron chi connectivity index (χ1n) is 7.14. The Labute approximate surface area is 115 Å². The van der Waals surface area contributed by atoms with E-state index in [1.54, 1.807) is 6.07 Å². The van der Waals surface area contributed by atoms with Gasteiger partial charge in [0.1, 0.15) is 11.3 Å². The van der Waals surface area contributed by atoms with E-state index in [4.69, 9.17) is 4.74 Å². The Kier molecular flexibility index (Phi) is 6.40. The average molecular weight is 264 g/mol. The van der Waals surface area contributed by atoms with Crippen LogP contribution in [0.5, 0.6) is 5.75 Å². The van der Waals surface area contributed by atoms with Gasteiger partial charge in [-0.2, -0.15) is 0 Å². The fraction of sp³-hybridized carbons (Fsp3) is 0.562. The zero-order valence-electron chi connectivity index (χ0n) is 12.1. The number of aromatic carboxylic acids is 1. The Morgan fingerprint density at radius 3 is 2.47 bits per heavy atom. The summed E-state index contributed by atoms with van der Waals surface area (Å²) in [6.45, 7) is 6.96. The molecular weight excluding hydrogens is 240 g/mol. The van der Waals surface area contributed by atoms with Gasteiger partial charge in [0.15, 0.2) is 0 Å². The minimum absolute atomic E-state index is 0.255. The summed E-state index contributed by atoms with van der Waals surface area (Å²) in [6, 6.07) is 5.47. The van der Waals surface area contributed by atoms with E-state index in [2.05, 4.69) is 20.8 Å². The zero-order valence-corrected chi connectivity index (χ0v) is 12.1. The Balaban J connectivity index is 2.99. The van der Waals surface area contributed by atoms with E-state index in [-0.39, 0.29) is 5.56 Å². The summed E-state index contributed by atoms with van der Waals surface area (Å²) >= 11 is 0. The van der Waals surface area contributed by atoms with Gasteiger partial charge in [-0.1, -0.05) is 33.3 Å². The van der Waals surface area contributed by atoms with Gasteiger partial charge in [-0.05, 0) is 42.9 Å². The van der Waals surface area contributed by atoms with Crippen LogP contribution in [0.2, 0.25) is 0 Å². The molecule has 0 aliphatic carbocycles. The third kappa shape index (κ3) is 4.27. The van der Waals surface area contributed by atoms with Crippen molar-refractivity contribution in [1.82, 2.24) is 0 Å². The maximum absolute atomic E-state index is 11.2. The average Bonchev–Trinajstić information content (AvgIpc) is 2.40. The third-order valence-electron chi connectivity index (χ3n) is 3.45. The van der Waals surface area contributed by atoms with Crippen molar-refractivity contribution in [2.45, 2.75) is 52.4 Å². The molecule has 0 fully saturated rings. The van der Waals surface area contributed by atoms with Gasteiger partial charge in [0, 0.05) is 0 Å². The first-order valence-corrected chi connectivity index (χ1v) is 7.14. The Morgan fingerprint density at radius 1 is 1.26 bits per heavy atom. The summed E-state index contributed by atoms with van der Waals surface area (Å²) in [6.07, 6.45) is 4.08. The number of carbonyl (C=O) groups is 1. The molecule has 1 rings (SSSR count). The summed E-state index contributed by atoms with van der Waals surface area (Å²) in [5.74, 6) is 0.0457. The van der Waals surface area contributed by atoms with Gasteiger partial charge in [-0.25, -0.2) is 4.79 Å². The predicted molar refractivity (Wildman–Crippen MR) is 77.1 cm³/mol. The van der Waals surface area contributed by atoms with Crippen LogP contribution in [0.4, 0.5) is 0 Å². The predicted octanol–water partition coefficient (Wildman–Crippen LogP) is 4.47. The molecule has 3 heteroatoms. The number of hydrogen-bond acceptors (Lipinski definition) is 2. The molecule has 19 heavy (non-hydrogen) atoms. The number of benzene rings is 1. The molecule has 0 radical (unpaired) electrons. The lowest BCUT2D eigenvalue weighted by atomic mass is 9.93. The molecule has 3 nitrogen and oxygen atoms in total. The van der Waals surface area contributed by atoms with Gasteiger partial charge in [-0.15, -0.1) is 0 Å². The fourth-order valence-corrected chi connectivity index (χ4v) is 2.18. The molecule has 0 aromatic heterocycles. The minimum atomic E-state index is -0.928. The molecule has 0 saturated heterocycles. The summed E-state index contributed by atoms with van der Waals surface area (Å²) in [7, 11) is 0. The molecule has 0 bridgehead atoms. The molecule has 0 aliphatic rings. The summed E-state index contributed by atoms with van der Waals surface area (Å²) < 4.78 is 5.64. The topological polar surface area (TPSA) is 46.5 Å². The number of hydrogen-bond donors (Lipinski definition) is 1. The van der Waals surface area contributed by atoms with Crippen molar-refractivity contribution < 1.29 is 14.6 Å². The molecule has 0 saturated carbocycles. The van der Waals surface area contributed by atoms with E-state index >= 15 is 0 Å². The Morgan fingerprint density at radius 2 is 1.95 bits per heavy atom. The molecule has 1 N–H and O–H groups in total. The molecule has 1 aromatic rings. The van der Waals surface area contributed by atoms with E-state index in [0.717, 1.165) is 25.7 Å². The van der Waals surface area contributed by atoms with Gasteiger partial charge in [0.25, 0.3) is 0 Å². The summed E-state index contributed by atoms with van der Waals surface area (Å²) in [5, 5.41) is 9.19. The number of carboxylic acids is 1.